The van der Waals surface area contributed by atoms with Gasteiger partial charge < -0.3 is 11.1 Å². The number of nitrogens with one attached hydrogen (secondary N) is 1. The number of hydrogen-bond donors (Lipinski definition) is 2. The number of nitrogens with two attached hydrogens (primary N) is 1. The maximum atomic E-state index is 8.79. The molecule has 0 spiro atoms. The molecule has 18 heavy (non-hydrogen) atoms. The first kappa shape index (κ1) is 12.4. The van der Waals surface area contributed by atoms with Crippen LogP contribution in [0, 0.1) is 11.3 Å². The van der Waals surface area contributed by atoms with Gasteiger partial charge >= 0.3 is 0 Å². The first-order chi connectivity index (χ1) is 8.72. The summed E-state index contributed by atoms with van der Waals surface area (Å²) in [5, 5.41) is 13.1. The van der Waals surface area contributed by atoms with E-state index in [1.165, 1.54) is 4.88 Å². The summed E-state index contributed by atoms with van der Waals surface area (Å²) in [4.78, 5) is 5.61. The van der Waals surface area contributed by atoms with Crippen LogP contribution in [0.15, 0.2) is 24.4 Å². The van der Waals surface area contributed by atoms with Crippen molar-refractivity contribution in [3.8, 4) is 6.07 Å². The number of aryl methyl sites for hydroxylation is 1. The topological polar surface area (TPSA) is 74.7 Å². The van der Waals surface area contributed by atoms with Gasteiger partial charge in [-0.2, -0.15) is 5.26 Å². The van der Waals surface area contributed by atoms with Gasteiger partial charge in [0.05, 0.1) is 17.8 Å². The SMILES string of the molecule is CCc1cnc(CNc2ccc(C#N)c(N)c2)s1. The van der Waals surface area contributed by atoms with Crippen molar-refractivity contribution in [2.45, 2.75) is 19.9 Å². The van der Waals surface area contributed by atoms with Crippen molar-refractivity contribution < 1.29 is 0 Å². The molecule has 5 heteroatoms. The molecule has 4 nitrogen and oxygen atoms in total. The standard InChI is InChI=1S/C13H14N4S/c1-2-11-7-17-13(18-11)8-16-10-4-3-9(6-14)12(15)5-10/h3-5,7,16H,2,8,15H2,1H3. The summed E-state index contributed by atoms with van der Waals surface area (Å²) in [5.41, 5.74) is 7.65. The average molecular weight is 258 g/mol. The van der Waals surface area contributed by atoms with Crippen LogP contribution in [0.4, 0.5) is 11.4 Å². The quantitative estimate of drug-likeness (QED) is 0.827. The monoisotopic (exact) mass is 258 g/mol. The Morgan fingerprint density at radius 3 is 2.94 bits per heavy atom. The minimum Gasteiger partial charge on any atom is -0.398 e. The molecule has 1 aromatic heterocycles. The second-order valence-corrected chi connectivity index (χ2v) is 5.04. The largest absolute Gasteiger partial charge is 0.398 e. The van der Waals surface area contributed by atoms with Crippen LogP contribution < -0.4 is 11.1 Å². The summed E-state index contributed by atoms with van der Waals surface area (Å²) in [5.74, 6) is 0. The van der Waals surface area contributed by atoms with E-state index in [1.807, 2.05) is 18.3 Å². The van der Waals surface area contributed by atoms with E-state index in [0.717, 1.165) is 17.1 Å². The Hall–Kier alpha value is -2.06. The first-order valence-corrected chi connectivity index (χ1v) is 6.51. The Morgan fingerprint density at radius 1 is 1.50 bits per heavy atom. The minimum absolute atomic E-state index is 0.496. The molecular weight excluding hydrogens is 244 g/mol. The Balaban J connectivity index is 2.02. The van der Waals surface area contributed by atoms with Gasteiger partial charge in [0.1, 0.15) is 11.1 Å². The molecule has 92 valence electrons. The molecule has 2 aromatic rings. The summed E-state index contributed by atoms with van der Waals surface area (Å²) in [6.07, 6.45) is 2.93. The second kappa shape index (κ2) is 5.52. The Kier molecular flexibility index (Phi) is 3.80. The molecule has 0 aliphatic rings. The van der Waals surface area contributed by atoms with Gasteiger partial charge in [-0.15, -0.1) is 11.3 Å². The van der Waals surface area contributed by atoms with Gasteiger partial charge in [-0.3, -0.25) is 0 Å². The first-order valence-electron chi connectivity index (χ1n) is 5.70. The van der Waals surface area contributed by atoms with Crippen LogP contribution in [-0.2, 0) is 13.0 Å². The number of nitrogen functional groups attached to an aromatic ring is 1. The maximum Gasteiger partial charge on any atom is 0.112 e. The van der Waals surface area contributed by atoms with E-state index in [-0.39, 0.29) is 0 Å². The molecule has 0 saturated heterocycles. The van der Waals surface area contributed by atoms with Crippen molar-refractivity contribution in [2.75, 3.05) is 11.1 Å². The van der Waals surface area contributed by atoms with E-state index in [2.05, 4.69) is 17.2 Å². The van der Waals surface area contributed by atoms with Gasteiger partial charge in [0, 0.05) is 16.8 Å². The Bertz CT molecular complexity index is 583. The lowest BCUT2D eigenvalue weighted by atomic mass is 10.2. The van der Waals surface area contributed by atoms with E-state index in [9.17, 15) is 0 Å². The lowest BCUT2D eigenvalue weighted by Gasteiger charge is -2.05. The van der Waals surface area contributed by atoms with E-state index >= 15 is 0 Å². The highest BCUT2D eigenvalue weighted by atomic mass is 32.1. The molecule has 0 saturated carbocycles. The molecule has 0 atom stereocenters. The summed E-state index contributed by atoms with van der Waals surface area (Å²) in [6, 6.07) is 7.38. The van der Waals surface area contributed by atoms with Gasteiger partial charge in [-0.25, -0.2) is 4.98 Å². The van der Waals surface area contributed by atoms with Crippen molar-refractivity contribution in [2.24, 2.45) is 0 Å². The third kappa shape index (κ3) is 2.79. The van der Waals surface area contributed by atoms with Gasteiger partial charge in [0.25, 0.3) is 0 Å². The average Bonchev–Trinajstić information content (AvgIpc) is 2.84. The maximum absolute atomic E-state index is 8.79. The fourth-order valence-corrected chi connectivity index (χ4v) is 2.35. The zero-order chi connectivity index (χ0) is 13.0. The number of hydrogen-bond acceptors (Lipinski definition) is 5. The van der Waals surface area contributed by atoms with Crippen LogP contribution in [0.1, 0.15) is 22.4 Å². The molecule has 0 radical (unpaired) electrons. The molecule has 0 fully saturated rings. The van der Waals surface area contributed by atoms with Crippen LogP contribution in [0.25, 0.3) is 0 Å². The summed E-state index contributed by atoms with van der Waals surface area (Å²) < 4.78 is 0. The van der Waals surface area contributed by atoms with Crippen molar-refractivity contribution in [1.29, 1.82) is 5.26 Å². The molecule has 0 amide bonds. The third-order valence-corrected chi connectivity index (χ3v) is 3.71. The number of rotatable bonds is 4. The Morgan fingerprint density at radius 2 is 2.33 bits per heavy atom. The minimum atomic E-state index is 0.496. The van der Waals surface area contributed by atoms with E-state index in [0.29, 0.717) is 17.8 Å². The van der Waals surface area contributed by atoms with Gasteiger partial charge in [-0.05, 0) is 24.6 Å². The molecule has 1 aromatic carbocycles. The summed E-state index contributed by atoms with van der Waals surface area (Å²) in [7, 11) is 0. The zero-order valence-corrected chi connectivity index (χ0v) is 10.9. The fourth-order valence-electron chi connectivity index (χ4n) is 1.55. The highest BCUT2D eigenvalue weighted by molar-refractivity contribution is 7.11. The van der Waals surface area contributed by atoms with Crippen LogP contribution in [0.3, 0.4) is 0 Å². The zero-order valence-electron chi connectivity index (χ0n) is 10.1. The number of nitriles is 1. The molecule has 0 bridgehead atoms. The lowest BCUT2D eigenvalue weighted by Crippen LogP contribution is -2.00. The Labute approximate surface area is 110 Å². The molecule has 0 unspecified atom stereocenters. The number of aromatic nitrogens is 1. The van der Waals surface area contributed by atoms with E-state index in [4.69, 9.17) is 11.0 Å². The highest BCUT2D eigenvalue weighted by Crippen LogP contribution is 2.19. The van der Waals surface area contributed by atoms with Gasteiger partial charge in [0.15, 0.2) is 0 Å². The van der Waals surface area contributed by atoms with Crippen LogP contribution in [0.2, 0.25) is 0 Å². The predicted molar refractivity (Wildman–Crippen MR) is 74.4 cm³/mol. The summed E-state index contributed by atoms with van der Waals surface area (Å²) in [6.45, 7) is 2.79. The van der Waals surface area contributed by atoms with Crippen LogP contribution in [0.5, 0.6) is 0 Å². The molecule has 0 aliphatic heterocycles. The van der Waals surface area contributed by atoms with Crippen molar-refractivity contribution in [3.63, 3.8) is 0 Å². The number of anilines is 2. The second-order valence-electron chi connectivity index (χ2n) is 3.84. The summed E-state index contributed by atoms with van der Waals surface area (Å²) >= 11 is 1.71. The molecule has 2 rings (SSSR count). The van der Waals surface area contributed by atoms with Crippen LogP contribution in [-0.4, -0.2) is 4.98 Å². The highest BCUT2D eigenvalue weighted by Gasteiger charge is 2.02. The van der Waals surface area contributed by atoms with Crippen molar-refractivity contribution in [3.05, 3.63) is 39.8 Å². The van der Waals surface area contributed by atoms with E-state index < -0.39 is 0 Å². The third-order valence-electron chi connectivity index (χ3n) is 2.57. The smallest absolute Gasteiger partial charge is 0.112 e. The number of benzene rings is 1. The lowest BCUT2D eigenvalue weighted by molar-refractivity contribution is 1.09. The van der Waals surface area contributed by atoms with Crippen LogP contribution >= 0.6 is 11.3 Å². The van der Waals surface area contributed by atoms with E-state index in [1.54, 1.807) is 23.5 Å². The van der Waals surface area contributed by atoms with Crippen molar-refractivity contribution in [1.82, 2.24) is 4.98 Å². The van der Waals surface area contributed by atoms with Gasteiger partial charge in [0.2, 0.25) is 0 Å². The molecule has 1 heterocycles. The number of thiazole rings is 1. The van der Waals surface area contributed by atoms with Gasteiger partial charge in [-0.1, -0.05) is 6.92 Å². The predicted octanol–water partition coefficient (Wildman–Crippen LogP) is 2.77. The fraction of sp³-hybridized carbons (Fsp3) is 0.231. The normalized spacial score (nSPS) is 10.0. The number of nitrogens with zero attached hydrogens (tertiary/aromatic N) is 2. The molecule has 3 N–H and O–H groups in total. The molecule has 0 aliphatic carbocycles. The molecular formula is C13H14N4S. The van der Waals surface area contributed by atoms with Crippen molar-refractivity contribution >= 4 is 22.7 Å².